The number of aryl methyl sites for hydroxylation is 2. The van der Waals surface area contributed by atoms with Gasteiger partial charge in [-0.1, -0.05) is 38.3 Å². The number of hydrogen-bond donors (Lipinski definition) is 1. The Bertz CT molecular complexity index is 467. The van der Waals surface area contributed by atoms with Crippen LogP contribution in [0.25, 0.3) is 0 Å². The van der Waals surface area contributed by atoms with E-state index in [0.717, 1.165) is 24.9 Å². The van der Waals surface area contributed by atoms with Gasteiger partial charge in [-0.15, -0.1) is 0 Å². The summed E-state index contributed by atoms with van der Waals surface area (Å²) in [5.74, 6) is 0.235. The number of nitrogens with one attached hydrogen (secondary N) is 1. The van der Waals surface area contributed by atoms with Crippen LogP contribution in [-0.4, -0.2) is 18.4 Å². The highest BCUT2D eigenvalue weighted by molar-refractivity contribution is 6.00. The van der Waals surface area contributed by atoms with Crippen molar-refractivity contribution in [1.29, 1.82) is 0 Å². The number of rotatable bonds is 8. The van der Waals surface area contributed by atoms with Gasteiger partial charge in [0.2, 0.25) is 0 Å². The van der Waals surface area contributed by atoms with Crippen LogP contribution in [0.5, 0.6) is 0 Å². The monoisotopic (exact) mass is 287 g/mol. The molecule has 1 unspecified atom stereocenters. The van der Waals surface area contributed by atoms with E-state index in [9.17, 15) is 4.79 Å². The maximum atomic E-state index is 12.5. The fourth-order valence-corrected chi connectivity index (χ4v) is 3.10. The Morgan fingerprint density at radius 2 is 1.90 bits per heavy atom. The Hall–Kier alpha value is -1.15. The molecule has 2 heteroatoms. The van der Waals surface area contributed by atoms with Crippen LogP contribution in [0.15, 0.2) is 18.2 Å². The minimum Gasteiger partial charge on any atom is -0.307 e. The van der Waals surface area contributed by atoms with Gasteiger partial charge < -0.3 is 5.32 Å². The van der Waals surface area contributed by atoms with Gasteiger partial charge in [-0.2, -0.15) is 0 Å². The SMILES string of the molecule is CCCCCCNC(C)C(=O)c1ccc2c(c1)CCCC2. The molecule has 116 valence electrons. The first-order valence-corrected chi connectivity index (χ1v) is 8.61. The molecule has 0 bridgehead atoms. The van der Waals surface area contributed by atoms with Crippen LogP contribution >= 0.6 is 0 Å². The lowest BCUT2D eigenvalue weighted by molar-refractivity contribution is 0.0951. The predicted molar refractivity (Wildman–Crippen MR) is 89.0 cm³/mol. The molecule has 0 saturated carbocycles. The summed E-state index contributed by atoms with van der Waals surface area (Å²) < 4.78 is 0. The standard InChI is InChI=1S/C19H29NO/c1-3-4-5-8-13-20-15(2)19(21)18-12-11-16-9-6-7-10-17(16)14-18/h11-12,14-15,20H,3-10,13H2,1-2H3. The average molecular weight is 287 g/mol. The number of carbonyl (C=O) groups is 1. The van der Waals surface area contributed by atoms with Crippen molar-refractivity contribution in [2.75, 3.05) is 6.54 Å². The summed E-state index contributed by atoms with van der Waals surface area (Å²) in [5, 5.41) is 3.37. The van der Waals surface area contributed by atoms with Gasteiger partial charge in [-0.3, -0.25) is 4.79 Å². The molecule has 0 spiro atoms. The molecule has 1 aliphatic carbocycles. The minimum absolute atomic E-state index is 0.0757. The Labute approximate surface area is 129 Å². The highest BCUT2D eigenvalue weighted by Crippen LogP contribution is 2.22. The van der Waals surface area contributed by atoms with Crippen LogP contribution in [-0.2, 0) is 12.8 Å². The van der Waals surface area contributed by atoms with Crippen molar-refractivity contribution in [3.63, 3.8) is 0 Å². The van der Waals surface area contributed by atoms with E-state index in [1.54, 1.807) is 0 Å². The number of fused-ring (bicyclic) bond motifs is 1. The maximum absolute atomic E-state index is 12.5. The van der Waals surface area contributed by atoms with Crippen LogP contribution in [0.3, 0.4) is 0 Å². The second-order valence-corrected chi connectivity index (χ2v) is 6.29. The zero-order valence-corrected chi connectivity index (χ0v) is 13.6. The van der Waals surface area contributed by atoms with Gasteiger partial charge in [0.1, 0.15) is 0 Å². The molecule has 1 aromatic rings. The summed E-state index contributed by atoms with van der Waals surface area (Å²) in [4.78, 5) is 12.5. The number of ketones is 1. The molecule has 1 aliphatic rings. The third-order valence-electron chi connectivity index (χ3n) is 4.51. The normalized spacial score (nSPS) is 15.5. The number of carbonyl (C=O) groups excluding carboxylic acids is 1. The number of hydrogen-bond acceptors (Lipinski definition) is 2. The number of benzene rings is 1. The van der Waals surface area contributed by atoms with Crippen molar-refractivity contribution in [2.24, 2.45) is 0 Å². The first-order chi connectivity index (χ1) is 10.2. The molecule has 2 nitrogen and oxygen atoms in total. The van der Waals surface area contributed by atoms with Crippen molar-refractivity contribution in [2.45, 2.75) is 71.3 Å². The van der Waals surface area contributed by atoms with E-state index >= 15 is 0 Å². The van der Waals surface area contributed by atoms with Crippen molar-refractivity contribution < 1.29 is 4.79 Å². The third-order valence-corrected chi connectivity index (χ3v) is 4.51. The molecule has 1 atom stereocenters. The first-order valence-electron chi connectivity index (χ1n) is 8.61. The van der Waals surface area contributed by atoms with E-state index in [4.69, 9.17) is 0 Å². The highest BCUT2D eigenvalue weighted by atomic mass is 16.1. The lowest BCUT2D eigenvalue weighted by Gasteiger charge is -2.18. The van der Waals surface area contributed by atoms with E-state index in [-0.39, 0.29) is 11.8 Å². The van der Waals surface area contributed by atoms with Crippen LogP contribution in [0.4, 0.5) is 0 Å². The lowest BCUT2D eigenvalue weighted by atomic mass is 9.89. The van der Waals surface area contributed by atoms with E-state index in [1.165, 1.54) is 49.7 Å². The van der Waals surface area contributed by atoms with Crippen molar-refractivity contribution in [1.82, 2.24) is 5.32 Å². The lowest BCUT2D eigenvalue weighted by Crippen LogP contribution is -2.34. The van der Waals surface area contributed by atoms with Crippen LogP contribution in [0.1, 0.15) is 73.9 Å². The van der Waals surface area contributed by atoms with Gasteiger partial charge in [0.15, 0.2) is 5.78 Å². The van der Waals surface area contributed by atoms with Crippen LogP contribution in [0, 0.1) is 0 Å². The highest BCUT2D eigenvalue weighted by Gasteiger charge is 2.17. The van der Waals surface area contributed by atoms with Crippen molar-refractivity contribution in [3.05, 3.63) is 34.9 Å². The molecule has 0 fully saturated rings. The molecular weight excluding hydrogens is 258 g/mol. The summed E-state index contributed by atoms with van der Waals surface area (Å²) in [5.41, 5.74) is 3.71. The summed E-state index contributed by atoms with van der Waals surface area (Å²) in [6.45, 7) is 5.15. The quantitative estimate of drug-likeness (QED) is 0.570. The van der Waals surface area contributed by atoms with Gasteiger partial charge in [-0.25, -0.2) is 0 Å². The molecule has 0 radical (unpaired) electrons. The van der Waals surface area contributed by atoms with Gasteiger partial charge in [0, 0.05) is 5.56 Å². The summed E-state index contributed by atoms with van der Waals surface area (Å²) >= 11 is 0. The zero-order valence-electron chi connectivity index (χ0n) is 13.6. The second kappa shape index (κ2) is 8.33. The summed E-state index contributed by atoms with van der Waals surface area (Å²) in [7, 11) is 0. The molecule has 1 aromatic carbocycles. The predicted octanol–water partition coefficient (Wildman–Crippen LogP) is 4.31. The van der Waals surface area contributed by atoms with Gasteiger partial charge in [0.05, 0.1) is 6.04 Å². The molecule has 0 amide bonds. The maximum Gasteiger partial charge on any atom is 0.179 e. The van der Waals surface area contributed by atoms with Crippen molar-refractivity contribution in [3.8, 4) is 0 Å². The first kappa shape index (κ1) is 16.2. The summed E-state index contributed by atoms with van der Waals surface area (Å²) in [6.07, 6.45) is 9.81. The van der Waals surface area contributed by atoms with E-state index in [0.29, 0.717) is 0 Å². The smallest absolute Gasteiger partial charge is 0.179 e. The van der Waals surface area contributed by atoms with Crippen LogP contribution < -0.4 is 5.32 Å². The van der Waals surface area contributed by atoms with E-state index < -0.39 is 0 Å². The molecule has 2 rings (SSSR count). The second-order valence-electron chi connectivity index (χ2n) is 6.29. The Morgan fingerprint density at radius 1 is 1.14 bits per heavy atom. The fourth-order valence-electron chi connectivity index (χ4n) is 3.10. The molecular formula is C19H29NO. The molecule has 0 saturated heterocycles. The number of Topliss-reactive ketones (excluding diaryl/α,β-unsaturated/α-hetero) is 1. The molecule has 21 heavy (non-hydrogen) atoms. The molecule has 1 N–H and O–H groups in total. The Balaban J connectivity index is 1.87. The van der Waals surface area contributed by atoms with Crippen molar-refractivity contribution >= 4 is 5.78 Å². The average Bonchev–Trinajstić information content (AvgIpc) is 2.53. The third kappa shape index (κ3) is 4.67. The Morgan fingerprint density at radius 3 is 2.67 bits per heavy atom. The van der Waals surface area contributed by atoms with Gasteiger partial charge >= 0.3 is 0 Å². The van der Waals surface area contributed by atoms with Gasteiger partial charge in [0.25, 0.3) is 0 Å². The largest absolute Gasteiger partial charge is 0.307 e. The topological polar surface area (TPSA) is 29.1 Å². The zero-order chi connectivity index (χ0) is 15.1. The molecule has 0 aliphatic heterocycles. The Kier molecular flexibility index (Phi) is 6.44. The minimum atomic E-state index is -0.0757. The fraction of sp³-hybridized carbons (Fsp3) is 0.632. The summed E-state index contributed by atoms with van der Waals surface area (Å²) in [6, 6.07) is 6.23. The number of unbranched alkanes of at least 4 members (excludes halogenated alkanes) is 3. The van der Waals surface area contributed by atoms with Gasteiger partial charge in [-0.05, 0) is 62.8 Å². The molecule has 0 heterocycles. The van der Waals surface area contributed by atoms with Crippen LogP contribution in [0.2, 0.25) is 0 Å². The molecule has 0 aromatic heterocycles. The van der Waals surface area contributed by atoms with E-state index in [1.807, 2.05) is 13.0 Å². The van der Waals surface area contributed by atoms with E-state index in [2.05, 4.69) is 24.4 Å².